The van der Waals surface area contributed by atoms with Gasteiger partial charge >= 0.3 is 0 Å². The lowest BCUT2D eigenvalue weighted by Gasteiger charge is -2.30. The Morgan fingerprint density at radius 2 is 1.76 bits per heavy atom. The number of hydrazine groups is 1. The number of carbonyl (C=O) groups is 2. The van der Waals surface area contributed by atoms with Gasteiger partial charge in [0.05, 0.1) is 0 Å². The summed E-state index contributed by atoms with van der Waals surface area (Å²) in [6.45, 7) is 0. The maximum absolute atomic E-state index is 12.4. The Labute approximate surface area is 153 Å². The van der Waals surface area contributed by atoms with Crippen molar-refractivity contribution in [3.63, 3.8) is 0 Å². The molecule has 1 unspecified atom stereocenters. The highest BCUT2D eigenvalue weighted by atomic mass is 35.5. The van der Waals surface area contributed by atoms with Gasteiger partial charge in [0.1, 0.15) is 6.10 Å². The Morgan fingerprint density at radius 1 is 1.16 bits per heavy atom. The Balaban J connectivity index is 2.02. The fraction of sp³-hybridized carbons (Fsp3) is 0.556. The monoisotopic (exact) mass is 367 g/mol. The third-order valence-electron chi connectivity index (χ3n) is 4.84. The molecule has 2 atom stereocenters. The molecule has 25 heavy (non-hydrogen) atoms. The summed E-state index contributed by atoms with van der Waals surface area (Å²) in [5.74, 6) is 4.08. The molecule has 0 heterocycles. The van der Waals surface area contributed by atoms with E-state index in [4.69, 9.17) is 23.2 Å². The molecule has 1 aromatic rings. The highest BCUT2D eigenvalue weighted by Gasteiger charge is 2.34. The van der Waals surface area contributed by atoms with E-state index in [-0.39, 0.29) is 11.5 Å². The Bertz CT molecular complexity index is 603. The van der Waals surface area contributed by atoms with Crippen LogP contribution in [0.4, 0.5) is 0 Å². The highest BCUT2D eigenvalue weighted by Crippen LogP contribution is 2.26. The van der Waals surface area contributed by atoms with Crippen LogP contribution in [0.25, 0.3) is 0 Å². The maximum Gasteiger partial charge on any atom is 0.274 e. The van der Waals surface area contributed by atoms with Crippen molar-refractivity contribution in [1.82, 2.24) is 5.01 Å². The topological polar surface area (TPSA) is 110 Å². The molecule has 0 spiro atoms. The minimum atomic E-state index is -1.50. The van der Waals surface area contributed by atoms with Crippen LogP contribution in [0.2, 0.25) is 5.02 Å². The first-order chi connectivity index (χ1) is 11.9. The molecule has 0 aliphatic heterocycles. The van der Waals surface area contributed by atoms with Gasteiger partial charge in [0.25, 0.3) is 11.8 Å². The number of amides is 2. The number of imide groups is 1. The molecule has 7 heteroatoms. The molecule has 0 aromatic heterocycles. The minimum absolute atomic E-state index is 0.0499. The molecule has 6 nitrogen and oxygen atoms in total. The molecule has 1 aliphatic rings. The fourth-order valence-electron chi connectivity index (χ4n) is 3.30. The van der Waals surface area contributed by atoms with E-state index >= 15 is 0 Å². The van der Waals surface area contributed by atoms with Crippen molar-refractivity contribution in [2.75, 3.05) is 0 Å². The molecule has 1 saturated carbocycles. The van der Waals surface area contributed by atoms with Crippen molar-refractivity contribution < 1.29 is 14.7 Å². The first-order valence-electron chi connectivity index (χ1n) is 8.74. The summed E-state index contributed by atoms with van der Waals surface area (Å²) in [5.41, 5.74) is 6.30. The van der Waals surface area contributed by atoms with Gasteiger partial charge in [-0.15, -0.1) is 0 Å². The van der Waals surface area contributed by atoms with Gasteiger partial charge in [-0.05, 0) is 37.0 Å². The van der Waals surface area contributed by atoms with E-state index in [2.05, 4.69) is 0 Å². The second-order valence-electron chi connectivity index (χ2n) is 6.65. The van der Waals surface area contributed by atoms with Crippen LogP contribution in [0.5, 0.6) is 0 Å². The predicted molar refractivity (Wildman–Crippen MR) is 96.6 cm³/mol. The smallest absolute Gasteiger partial charge is 0.274 e. The predicted octanol–water partition coefficient (Wildman–Crippen LogP) is 2.23. The van der Waals surface area contributed by atoms with E-state index < -0.39 is 24.0 Å². The summed E-state index contributed by atoms with van der Waals surface area (Å²) in [6.07, 6.45) is 5.82. The molecular formula is C18H26ClN3O3. The van der Waals surface area contributed by atoms with Crippen molar-refractivity contribution >= 4 is 23.4 Å². The van der Waals surface area contributed by atoms with Crippen LogP contribution in [0.15, 0.2) is 24.3 Å². The van der Waals surface area contributed by atoms with Crippen molar-refractivity contribution in [2.45, 2.75) is 57.1 Å². The number of benzene rings is 1. The second-order valence-corrected chi connectivity index (χ2v) is 7.09. The number of aliphatic hydroxyl groups is 1. The fourth-order valence-corrected chi connectivity index (χ4v) is 3.49. The standard InChI is InChI=1S/C18H26ClN3O3/c19-14-10-6-9-13(11-14)17(24)22(21)18(25)16(23)15(20)12-7-4-2-1-3-5-8-12/h6,9-12,15-16,23H,1-5,7-8,20-21H2/t15-,16?/m1/s1. The number of nitrogens with two attached hydrogens (primary N) is 2. The molecule has 0 radical (unpaired) electrons. The second kappa shape index (κ2) is 9.29. The molecule has 138 valence electrons. The number of nitrogens with zero attached hydrogens (tertiary/aromatic N) is 1. The average molecular weight is 368 g/mol. The molecule has 0 bridgehead atoms. The van der Waals surface area contributed by atoms with E-state index in [9.17, 15) is 14.7 Å². The van der Waals surface area contributed by atoms with Crippen molar-refractivity contribution in [3.8, 4) is 0 Å². The molecule has 5 N–H and O–H groups in total. The Kier molecular flexibility index (Phi) is 7.38. The van der Waals surface area contributed by atoms with Gasteiger partial charge in [0.15, 0.2) is 0 Å². The van der Waals surface area contributed by atoms with Gasteiger partial charge in [-0.25, -0.2) is 10.9 Å². The number of hydrogen-bond acceptors (Lipinski definition) is 5. The van der Waals surface area contributed by atoms with Crippen molar-refractivity contribution in [2.24, 2.45) is 17.5 Å². The lowest BCUT2D eigenvalue weighted by atomic mass is 9.84. The lowest BCUT2D eigenvalue weighted by Crippen LogP contribution is -2.55. The van der Waals surface area contributed by atoms with Gasteiger partial charge in [0, 0.05) is 16.6 Å². The quantitative estimate of drug-likeness (QED) is 0.429. The van der Waals surface area contributed by atoms with E-state index in [0.29, 0.717) is 10.0 Å². The van der Waals surface area contributed by atoms with Crippen LogP contribution >= 0.6 is 11.6 Å². The highest BCUT2D eigenvalue weighted by molar-refractivity contribution is 6.31. The minimum Gasteiger partial charge on any atom is -0.382 e. The maximum atomic E-state index is 12.4. The summed E-state index contributed by atoms with van der Waals surface area (Å²) in [4.78, 5) is 24.7. The molecule has 2 amide bonds. The number of rotatable bonds is 4. The van der Waals surface area contributed by atoms with Crippen LogP contribution in [0, 0.1) is 5.92 Å². The third-order valence-corrected chi connectivity index (χ3v) is 5.07. The largest absolute Gasteiger partial charge is 0.382 e. The van der Waals surface area contributed by atoms with E-state index in [1.807, 2.05) is 0 Å². The molecular weight excluding hydrogens is 342 g/mol. The number of halogens is 1. The summed E-state index contributed by atoms with van der Waals surface area (Å²) < 4.78 is 0. The van der Waals surface area contributed by atoms with Crippen LogP contribution < -0.4 is 11.6 Å². The number of carbonyl (C=O) groups excluding carboxylic acids is 2. The molecule has 1 fully saturated rings. The molecule has 1 aromatic carbocycles. The zero-order valence-corrected chi connectivity index (χ0v) is 15.0. The summed E-state index contributed by atoms with van der Waals surface area (Å²) in [5, 5.41) is 11.1. The van der Waals surface area contributed by atoms with Crippen molar-refractivity contribution in [1.29, 1.82) is 0 Å². The molecule has 1 aliphatic carbocycles. The summed E-state index contributed by atoms with van der Waals surface area (Å²) in [7, 11) is 0. The van der Waals surface area contributed by atoms with Crippen LogP contribution in [0.1, 0.15) is 55.3 Å². The van der Waals surface area contributed by atoms with E-state index in [0.717, 1.165) is 38.5 Å². The zero-order chi connectivity index (χ0) is 18.4. The van der Waals surface area contributed by atoms with Crippen LogP contribution in [-0.2, 0) is 4.79 Å². The molecule has 0 saturated heterocycles. The normalized spacial score (nSPS) is 18.7. The van der Waals surface area contributed by atoms with Crippen LogP contribution in [-0.4, -0.2) is 34.1 Å². The Morgan fingerprint density at radius 3 is 2.36 bits per heavy atom. The van der Waals surface area contributed by atoms with Gasteiger partial charge in [-0.3, -0.25) is 9.59 Å². The first-order valence-corrected chi connectivity index (χ1v) is 9.12. The first kappa shape index (κ1) is 19.8. The lowest BCUT2D eigenvalue weighted by molar-refractivity contribution is -0.139. The van der Waals surface area contributed by atoms with Gasteiger partial charge < -0.3 is 10.8 Å². The SMILES string of the molecule is N[C@H](C1CCCCCCC1)C(O)C(=O)N(N)C(=O)c1cccc(Cl)c1. The zero-order valence-electron chi connectivity index (χ0n) is 14.2. The van der Waals surface area contributed by atoms with E-state index in [1.165, 1.54) is 18.6 Å². The van der Waals surface area contributed by atoms with Gasteiger partial charge in [0.2, 0.25) is 0 Å². The third kappa shape index (κ3) is 5.25. The number of hydrogen-bond donors (Lipinski definition) is 3. The molecule has 2 rings (SSSR count). The average Bonchev–Trinajstić information content (AvgIpc) is 2.58. The number of aliphatic hydroxyl groups excluding tert-OH is 1. The van der Waals surface area contributed by atoms with E-state index in [1.54, 1.807) is 12.1 Å². The summed E-state index contributed by atoms with van der Waals surface area (Å²) >= 11 is 5.85. The Hall–Kier alpha value is -1.47. The van der Waals surface area contributed by atoms with Gasteiger partial charge in [-0.2, -0.15) is 0 Å². The van der Waals surface area contributed by atoms with Crippen LogP contribution in [0.3, 0.4) is 0 Å². The summed E-state index contributed by atoms with van der Waals surface area (Å²) in [6, 6.07) is 5.38. The van der Waals surface area contributed by atoms with Crippen molar-refractivity contribution in [3.05, 3.63) is 34.9 Å². The van der Waals surface area contributed by atoms with Gasteiger partial charge in [-0.1, -0.05) is 49.8 Å².